The minimum Gasteiger partial charge on any atom is -0.369 e. The minimum atomic E-state index is 0.0705. The number of hydrogen-bond donors (Lipinski definition) is 0. The summed E-state index contributed by atoms with van der Waals surface area (Å²) in [7, 11) is 0. The van der Waals surface area contributed by atoms with Crippen molar-refractivity contribution in [2.24, 2.45) is 5.92 Å². The number of fused-ring (bicyclic) bond motifs is 2. The van der Waals surface area contributed by atoms with E-state index in [4.69, 9.17) is 4.74 Å². The zero-order chi connectivity index (χ0) is 16.5. The van der Waals surface area contributed by atoms with Gasteiger partial charge in [0.25, 0.3) is 5.91 Å². The second-order valence-corrected chi connectivity index (χ2v) is 6.65. The van der Waals surface area contributed by atoms with Crippen molar-refractivity contribution < 1.29 is 9.53 Å². The van der Waals surface area contributed by atoms with E-state index in [-0.39, 0.29) is 18.1 Å². The summed E-state index contributed by atoms with van der Waals surface area (Å²) < 4.78 is 6.14. The van der Waals surface area contributed by atoms with Gasteiger partial charge in [-0.3, -0.25) is 14.8 Å². The molecule has 124 valence electrons. The van der Waals surface area contributed by atoms with Crippen LogP contribution in [0.4, 0.5) is 0 Å². The van der Waals surface area contributed by atoms with E-state index in [9.17, 15) is 4.79 Å². The summed E-state index contributed by atoms with van der Waals surface area (Å²) in [6, 6.07) is 9.76. The van der Waals surface area contributed by atoms with Crippen molar-refractivity contribution >= 4 is 5.91 Å². The quantitative estimate of drug-likeness (QED) is 0.868. The van der Waals surface area contributed by atoms with Gasteiger partial charge in [0, 0.05) is 30.6 Å². The largest absolute Gasteiger partial charge is 0.369 e. The third-order valence-corrected chi connectivity index (χ3v) is 5.08. The number of ether oxygens (including phenoxy) is 1. The molecule has 2 aliphatic rings. The smallest absolute Gasteiger partial charge is 0.255 e. The lowest BCUT2D eigenvalue weighted by molar-refractivity contribution is 0.0144. The second-order valence-electron chi connectivity index (χ2n) is 6.65. The minimum absolute atomic E-state index is 0.0705. The molecule has 1 aliphatic heterocycles. The first-order valence-electron chi connectivity index (χ1n) is 8.47. The standard InChI is InChI=1S/C19H21N3O2/c1-13-5-6-14(10-21-13)19(23)22-11-15-7-8-17(22)18(15)24-12-16-4-2-3-9-20-16/h2-6,9-10,15,17-18H,7-8,11-12H2,1H3/t15-,17+,18+/m1/s1. The molecule has 1 saturated carbocycles. The fraction of sp³-hybridized carbons (Fsp3) is 0.421. The summed E-state index contributed by atoms with van der Waals surface area (Å²) in [6.45, 7) is 3.21. The number of nitrogens with zero attached hydrogens (tertiary/aromatic N) is 3. The van der Waals surface area contributed by atoms with Gasteiger partial charge in [-0.15, -0.1) is 0 Å². The van der Waals surface area contributed by atoms with Crippen LogP contribution in [-0.2, 0) is 11.3 Å². The molecular formula is C19H21N3O2. The summed E-state index contributed by atoms with van der Waals surface area (Å²) in [5.41, 5.74) is 2.52. The monoisotopic (exact) mass is 323 g/mol. The van der Waals surface area contributed by atoms with E-state index in [0.717, 1.165) is 30.8 Å². The van der Waals surface area contributed by atoms with Crippen LogP contribution in [0.5, 0.6) is 0 Å². The van der Waals surface area contributed by atoms with Crippen molar-refractivity contribution in [1.82, 2.24) is 14.9 Å². The molecule has 2 aromatic heterocycles. The first kappa shape index (κ1) is 15.3. The molecule has 5 heteroatoms. The van der Waals surface area contributed by atoms with Gasteiger partial charge in [-0.25, -0.2) is 0 Å². The number of carbonyl (C=O) groups excluding carboxylic acids is 1. The maximum absolute atomic E-state index is 12.8. The number of pyridine rings is 2. The molecular weight excluding hydrogens is 302 g/mol. The number of likely N-dealkylation sites (tertiary alicyclic amines) is 1. The van der Waals surface area contributed by atoms with Crippen LogP contribution in [0.15, 0.2) is 42.7 Å². The number of carbonyl (C=O) groups is 1. The number of hydrogen-bond acceptors (Lipinski definition) is 4. The van der Waals surface area contributed by atoms with Crippen LogP contribution in [0.1, 0.15) is 34.6 Å². The topological polar surface area (TPSA) is 55.3 Å². The summed E-state index contributed by atoms with van der Waals surface area (Å²) in [6.07, 6.45) is 5.72. The molecule has 0 aromatic carbocycles. The molecule has 2 fully saturated rings. The van der Waals surface area contributed by atoms with Crippen LogP contribution in [0, 0.1) is 12.8 Å². The van der Waals surface area contributed by atoms with Crippen molar-refractivity contribution in [3.05, 3.63) is 59.7 Å². The van der Waals surface area contributed by atoms with Gasteiger partial charge in [-0.05, 0) is 44.0 Å². The summed E-state index contributed by atoms with van der Waals surface area (Å²) >= 11 is 0. The fourth-order valence-electron chi connectivity index (χ4n) is 3.85. The Morgan fingerprint density at radius 3 is 2.92 bits per heavy atom. The number of rotatable bonds is 4. The molecule has 0 unspecified atom stereocenters. The predicted octanol–water partition coefficient (Wildman–Crippen LogP) is 2.60. The lowest BCUT2D eigenvalue weighted by Crippen LogP contribution is -2.40. The maximum Gasteiger partial charge on any atom is 0.255 e. The van der Waals surface area contributed by atoms with Crippen molar-refractivity contribution in [3.8, 4) is 0 Å². The molecule has 0 N–H and O–H groups in total. The maximum atomic E-state index is 12.8. The zero-order valence-corrected chi connectivity index (χ0v) is 13.8. The first-order valence-corrected chi connectivity index (χ1v) is 8.47. The van der Waals surface area contributed by atoms with Gasteiger partial charge >= 0.3 is 0 Å². The first-order chi connectivity index (χ1) is 11.7. The van der Waals surface area contributed by atoms with Crippen LogP contribution in [0.2, 0.25) is 0 Å². The van der Waals surface area contributed by atoms with Gasteiger partial charge in [0.1, 0.15) is 0 Å². The van der Waals surface area contributed by atoms with Gasteiger partial charge < -0.3 is 9.64 Å². The van der Waals surface area contributed by atoms with Gasteiger partial charge in [0.15, 0.2) is 0 Å². The molecule has 1 saturated heterocycles. The Hall–Kier alpha value is -2.27. The Morgan fingerprint density at radius 2 is 2.17 bits per heavy atom. The van der Waals surface area contributed by atoms with Crippen LogP contribution in [0.3, 0.4) is 0 Å². The van der Waals surface area contributed by atoms with E-state index in [1.807, 2.05) is 42.2 Å². The zero-order valence-electron chi connectivity index (χ0n) is 13.8. The summed E-state index contributed by atoms with van der Waals surface area (Å²) in [5.74, 6) is 0.502. The number of aromatic nitrogens is 2. The van der Waals surface area contributed by atoms with Crippen LogP contribution < -0.4 is 0 Å². The highest BCUT2D eigenvalue weighted by atomic mass is 16.5. The molecule has 24 heavy (non-hydrogen) atoms. The van der Waals surface area contributed by atoms with Crippen LogP contribution in [0.25, 0.3) is 0 Å². The highest BCUT2D eigenvalue weighted by molar-refractivity contribution is 5.94. The Morgan fingerprint density at radius 1 is 1.25 bits per heavy atom. The normalized spacial score (nSPS) is 25.2. The van der Waals surface area contributed by atoms with Crippen molar-refractivity contribution in [3.63, 3.8) is 0 Å². The molecule has 2 bridgehead atoms. The third kappa shape index (κ3) is 2.80. The average molecular weight is 323 g/mol. The third-order valence-electron chi connectivity index (χ3n) is 5.08. The van der Waals surface area contributed by atoms with Crippen molar-refractivity contribution in [2.75, 3.05) is 6.54 Å². The van der Waals surface area contributed by atoms with E-state index in [2.05, 4.69) is 9.97 Å². The molecule has 1 aliphatic carbocycles. The molecule has 4 rings (SSSR count). The number of amides is 1. The molecule has 0 radical (unpaired) electrons. The lowest BCUT2D eigenvalue weighted by Gasteiger charge is -2.27. The van der Waals surface area contributed by atoms with E-state index < -0.39 is 0 Å². The van der Waals surface area contributed by atoms with Crippen LogP contribution >= 0.6 is 0 Å². The predicted molar refractivity (Wildman–Crippen MR) is 89.3 cm³/mol. The lowest BCUT2D eigenvalue weighted by atomic mass is 10.1. The molecule has 0 spiro atoms. The second kappa shape index (κ2) is 6.32. The highest BCUT2D eigenvalue weighted by Gasteiger charge is 2.49. The molecule has 1 amide bonds. The van der Waals surface area contributed by atoms with Gasteiger partial charge in [0.05, 0.1) is 30.0 Å². The van der Waals surface area contributed by atoms with E-state index >= 15 is 0 Å². The Bertz CT molecular complexity index is 717. The van der Waals surface area contributed by atoms with E-state index in [1.165, 1.54) is 0 Å². The highest BCUT2D eigenvalue weighted by Crippen LogP contribution is 2.40. The Kier molecular flexibility index (Phi) is 4.02. The summed E-state index contributed by atoms with van der Waals surface area (Å²) in [5, 5.41) is 0. The Balaban J connectivity index is 1.44. The van der Waals surface area contributed by atoms with Gasteiger partial charge in [-0.1, -0.05) is 6.07 Å². The molecule has 5 nitrogen and oxygen atoms in total. The SMILES string of the molecule is Cc1ccc(C(=O)N2C[C@H]3CC[C@H]2[C@H]3OCc2ccccn2)cn1. The van der Waals surface area contributed by atoms with Crippen molar-refractivity contribution in [1.29, 1.82) is 0 Å². The Labute approximate surface area is 141 Å². The number of aryl methyl sites for hydroxylation is 1. The van der Waals surface area contributed by atoms with E-state index in [1.54, 1.807) is 12.4 Å². The van der Waals surface area contributed by atoms with Crippen molar-refractivity contribution in [2.45, 2.75) is 38.5 Å². The van der Waals surface area contributed by atoms with Gasteiger partial charge in [-0.2, -0.15) is 0 Å². The average Bonchev–Trinajstić information content (AvgIpc) is 3.18. The molecule has 3 heterocycles. The summed E-state index contributed by atoms with van der Waals surface area (Å²) in [4.78, 5) is 23.3. The van der Waals surface area contributed by atoms with Crippen LogP contribution in [-0.4, -0.2) is 39.5 Å². The van der Waals surface area contributed by atoms with Gasteiger partial charge in [0.2, 0.25) is 0 Å². The fourth-order valence-corrected chi connectivity index (χ4v) is 3.85. The molecule has 2 aromatic rings. The number of piperidine rings is 1. The van der Waals surface area contributed by atoms with E-state index in [0.29, 0.717) is 18.1 Å². The molecule has 3 atom stereocenters.